The van der Waals surface area contributed by atoms with Crippen molar-refractivity contribution in [2.45, 2.75) is 20.3 Å². The van der Waals surface area contributed by atoms with Crippen LogP contribution in [0.5, 0.6) is 0 Å². The third kappa shape index (κ3) is 1.33. The molecule has 2 nitrogen and oxygen atoms in total. The van der Waals surface area contributed by atoms with Gasteiger partial charge in [0.15, 0.2) is 0 Å². The van der Waals surface area contributed by atoms with Gasteiger partial charge in [0.25, 0.3) is 0 Å². The Morgan fingerprint density at radius 1 is 1.21 bits per heavy atom. The van der Waals surface area contributed by atoms with Gasteiger partial charge >= 0.3 is 0 Å². The summed E-state index contributed by atoms with van der Waals surface area (Å²) in [5.41, 5.74) is 9.33. The lowest BCUT2D eigenvalue weighted by Gasteiger charge is -2.07. The van der Waals surface area contributed by atoms with E-state index in [0.29, 0.717) is 5.82 Å². The lowest BCUT2D eigenvalue weighted by Crippen LogP contribution is -1.95. The van der Waals surface area contributed by atoms with Crippen LogP contribution in [0.4, 0.5) is 5.82 Å². The van der Waals surface area contributed by atoms with Gasteiger partial charge in [0.2, 0.25) is 0 Å². The van der Waals surface area contributed by atoms with Gasteiger partial charge in [0.1, 0.15) is 5.82 Å². The molecule has 0 saturated carbocycles. The standard InChI is InChI=1S/C12H14N2/c1-3-10-8(2)4-5-9-6-7-11(13)14-12(9)10/h4-7H,3H2,1-2H3,(H2,13,14). The first kappa shape index (κ1) is 9.00. The van der Waals surface area contributed by atoms with E-state index in [0.717, 1.165) is 11.9 Å². The molecule has 0 atom stereocenters. The summed E-state index contributed by atoms with van der Waals surface area (Å²) in [7, 11) is 0. The minimum Gasteiger partial charge on any atom is -0.384 e. The Labute approximate surface area is 83.8 Å². The molecule has 2 N–H and O–H groups in total. The zero-order chi connectivity index (χ0) is 10.1. The van der Waals surface area contributed by atoms with E-state index in [-0.39, 0.29) is 0 Å². The van der Waals surface area contributed by atoms with E-state index in [1.807, 2.05) is 12.1 Å². The number of pyridine rings is 1. The second kappa shape index (κ2) is 3.29. The molecule has 2 rings (SSSR count). The second-order valence-corrected chi connectivity index (χ2v) is 3.52. The molecule has 0 radical (unpaired) electrons. The van der Waals surface area contributed by atoms with Crippen LogP contribution in [-0.2, 0) is 6.42 Å². The lowest BCUT2D eigenvalue weighted by molar-refractivity contribution is 1.12. The molecule has 0 aliphatic rings. The fourth-order valence-corrected chi connectivity index (χ4v) is 1.81. The molecule has 14 heavy (non-hydrogen) atoms. The third-order valence-electron chi connectivity index (χ3n) is 2.58. The van der Waals surface area contributed by atoms with E-state index in [1.165, 1.54) is 16.5 Å². The van der Waals surface area contributed by atoms with E-state index < -0.39 is 0 Å². The monoisotopic (exact) mass is 186 g/mol. The molecule has 0 saturated heterocycles. The third-order valence-corrected chi connectivity index (χ3v) is 2.58. The Hall–Kier alpha value is -1.57. The topological polar surface area (TPSA) is 38.9 Å². The number of aryl methyl sites for hydroxylation is 2. The van der Waals surface area contributed by atoms with Crippen molar-refractivity contribution in [3.63, 3.8) is 0 Å². The summed E-state index contributed by atoms with van der Waals surface area (Å²) in [4.78, 5) is 4.39. The molecule has 0 unspecified atom stereocenters. The molecule has 1 heterocycles. The molecule has 1 aromatic carbocycles. The van der Waals surface area contributed by atoms with Crippen molar-refractivity contribution in [1.82, 2.24) is 4.98 Å². The largest absolute Gasteiger partial charge is 0.384 e. The van der Waals surface area contributed by atoms with Crippen LogP contribution in [0.2, 0.25) is 0 Å². The Bertz CT molecular complexity index is 470. The van der Waals surface area contributed by atoms with E-state index >= 15 is 0 Å². The summed E-state index contributed by atoms with van der Waals surface area (Å²) >= 11 is 0. The van der Waals surface area contributed by atoms with Gasteiger partial charge in [-0.25, -0.2) is 4.98 Å². The highest BCUT2D eigenvalue weighted by molar-refractivity contribution is 5.84. The number of fused-ring (bicyclic) bond motifs is 1. The Balaban J connectivity index is 2.84. The van der Waals surface area contributed by atoms with Gasteiger partial charge in [0, 0.05) is 5.39 Å². The van der Waals surface area contributed by atoms with Crippen molar-refractivity contribution in [3.8, 4) is 0 Å². The summed E-state index contributed by atoms with van der Waals surface area (Å²) in [5, 5.41) is 1.17. The number of hydrogen-bond acceptors (Lipinski definition) is 2. The number of nitrogens with two attached hydrogens (primary N) is 1. The summed E-state index contributed by atoms with van der Waals surface area (Å²) in [6.45, 7) is 4.26. The Morgan fingerprint density at radius 3 is 2.64 bits per heavy atom. The average molecular weight is 186 g/mol. The number of benzene rings is 1. The first-order valence-corrected chi connectivity index (χ1v) is 4.87. The van der Waals surface area contributed by atoms with Gasteiger partial charge in [-0.15, -0.1) is 0 Å². The molecule has 0 bridgehead atoms. The van der Waals surface area contributed by atoms with Crippen LogP contribution in [0.1, 0.15) is 18.1 Å². The highest BCUT2D eigenvalue weighted by atomic mass is 14.8. The number of hydrogen-bond donors (Lipinski definition) is 1. The van der Waals surface area contributed by atoms with Gasteiger partial charge in [-0.2, -0.15) is 0 Å². The van der Waals surface area contributed by atoms with Crippen molar-refractivity contribution in [2.24, 2.45) is 0 Å². The fraction of sp³-hybridized carbons (Fsp3) is 0.250. The molecule has 72 valence electrons. The molecule has 0 spiro atoms. The summed E-state index contributed by atoms with van der Waals surface area (Å²) in [5.74, 6) is 0.595. The SMILES string of the molecule is CCc1c(C)ccc2ccc(N)nc12. The van der Waals surface area contributed by atoms with Crippen molar-refractivity contribution in [1.29, 1.82) is 0 Å². The summed E-state index contributed by atoms with van der Waals surface area (Å²) in [6, 6.07) is 8.10. The molecule has 0 amide bonds. The van der Waals surface area contributed by atoms with Gasteiger partial charge < -0.3 is 5.73 Å². The van der Waals surface area contributed by atoms with Crippen molar-refractivity contribution < 1.29 is 0 Å². The van der Waals surface area contributed by atoms with Gasteiger partial charge in [-0.05, 0) is 36.6 Å². The molecular weight excluding hydrogens is 172 g/mol. The van der Waals surface area contributed by atoms with Crippen LogP contribution in [0.15, 0.2) is 24.3 Å². The van der Waals surface area contributed by atoms with E-state index in [4.69, 9.17) is 5.73 Å². The molecule has 1 aromatic heterocycles. The fourth-order valence-electron chi connectivity index (χ4n) is 1.81. The molecule has 2 aromatic rings. The molecule has 0 aliphatic heterocycles. The zero-order valence-corrected chi connectivity index (χ0v) is 8.54. The quantitative estimate of drug-likeness (QED) is 0.743. The summed E-state index contributed by atoms with van der Waals surface area (Å²) in [6.07, 6.45) is 1.000. The molecular formula is C12H14N2. The van der Waals surface area contributed by atoms with E-state index in [2.05, 4.69) is 31.0 Å². The second-order valence-electron chi connectivity index (χ2n) is 3.52. The number of anilines is 1. The van der Waals surface area contributed by atoms with E-state index in [9.17, 15) is 0 Å². The van der Waals surface area contributed by atoms with Crippen LogP contribution in [0, 0.1) is 6.92 Å². The van der Waals surface area contributed by atoms with Crippen LogP contribution in [0.3, 0.4) is 0 Å². The minimum atomic E-state index is 0.595. The van der Waals surface area contributed by atoms with E-state index in [1.54, 1.807) is 0 Å². The maximum absolute atomic E-state index is 5.69. The number of nitrogens with zero attached hydrogens (tertiary/aromatic N) is 1. The first-order valence-electron chi connectivity index (χ1n) is 4.87. The number of nitrogen functional groups attached to an aromatic ring is 1. The zero-order valence-electron chi connectivity index (χ0n) is 8.54. The predicted octanol–water partition coefficient (Wildman–Crippen LogP) is 2.69. The highest BCUT2D eigenvalue weighted by Gasteiger charge is 2.04. The Morgan fingerprint density at radius 2 is 1.93 bits per heavy atom. The van der Waals surface area contributed by atoms with Crippen molar-refractivity contribution in [2.75, 3.05) is 5.73 Å². The van der Waals surface area contributed by atoms with Gasteiger partial charge in [-0.3, -0.25) is 0 Å². The Kier molecular flexibility index (Phi) is 2.12. The van der Waals surface area contributed by atoms with Crippen LogP contribution in [-0.4, -0.2) is 4.98 Å². The normalized spacial score (nSPS) is 10.7. The van der Waals surface area contributed by atoms with Crippen molar-refractivity contribution >= 4 is 16.7 Å². The lowest BCUT2D eigenvalue weighted by atomic mass is 10.0. The molecule has 2 heteroatoms. The van der Waals surface area contributed by atoms with Gasteiger partial charge in [0.05, 0.1) is 5.52 Å². The number of aromatic nitrogens is 1. The van der Waals surface area contributed by atoms with Crippen molar-refractivity contribution in [3.05, 3.63) is 35.4 Å². The molecule has 0 fully saturated rings. The van der Waals surface area contributed by atoms with Crippen LogP contribution < -0.4 is 5.73 Å². The maximum Gasteiger partial charge on any atom is 0.124 e. The molecule has 0 aliphatic carbocycles. The van der Waals surface area contributed by atoms with Crippen LogP contribution >= 0.6 is 0 Å². The minimum absolute atomic E-state index is 0.595. The van der Waals surface area contributed by atoms with Crippen LogP contribution in [0.25, 0.3) is 10.9 Å². The van der Waals surface area contributed by atoms with Gasteiger partial charge in [-0.1, -0.05) is 19.1 Å². The predicted molar refractivity (Wildman–Crippen MR) is 60.3 cm³/mol. The first-order chi connectivity index (χ1) is 6.72. The average Bonchev–Trinajstić information content (AvgIpc) is 2.17. The maximum atomic E-state index is 5.69. The number of rotatable bonds is 1. The smallest absolute Gasteiger partial charge is 0.124 e. The highest BCUT2D eigenvalue weighted by Crippen LogP contribution is 2.21. The summed E-state index contributed by atoms with van der Waals surface area (Å²) < 4.78 is 0.